The van der Waals surface area contributed by atoms with Crippen molar-refractivity contribution in [2.75, 3.05) is 31.2 Å². The molecule has 0 radical (unpaired) electrons. The van der Waals surface area contributed by atoms with Gasteiger partial charge in [-0.25, -0.2) is 0 Å². The largest absolute Gasteiger partial charge is 0.494 e. The number of nitrogens with zero attached hydrogens (tertiary/aromatic N) is 3. The SMILES string of the molecule is CCCC(C)N1CC=C[C@]23S[C@@]4(C)C=CCN(c5ccc(OCC)cc5)C(=O)[C@H]4[C@H]2C(=O)N([C@H](CO)c2ccccc2)C3C1=O. The quantitative estimate of drug-likeness (QED) is 0.393. The van der Waals surface area contributed by atoms with Gasteiger partial charge in [0.25, 0.3) is 0 Å². The predicted molar refractivity (Wildman–Crippen MR) is 177 cm³/mol. The van der Waals surface area contributed by atoms with Gasteiger partial charge in [-0.1, -0.05) is 68.0 Å². The lowest BCUT2D eigenvalue weighted by atomic mass is 9.74. The van der Waals surface area contributed by atoms with Crippen molar-refractivity contribution in [3.8, 4) is 5.75 Å². The Morgan fingerprint density at radius 1 is 0.933 bits per heavy atom. The van der Waals surface area contributed by atoms with Crippen molar-refractivity contribution in [2.24, 2.45) is 11.8 Å². The zero-order chi connectivity index (χ0) is 31.9. The Labute approximate surface area is 270 Å². The molecule has 7 atom stereocenters. The summed E-state index contributed by atoms with van der Waals surface area (Å²) in [7, 11) is 0. The minimum Gasteiger partial charge on any atom is -0.494 e. The maximum atomic E-state index is 15.0. The molecule has 2 fully saturated rings. The van der Waals surface area contributed by atoms with Crippen LogP contribution in [0.25, 0.3) is 0 Å². The molecule has 0 bridgehead atoms. The Bertz CT molecular complexity index is 1500. The van der Waals surface area contributed by atoms with Crippen LogP contribution in [-0.4, -0.2) is 80.5 Å². The molecule has 9 heteroatoms. The normalized spacial score (nSPS) is 30.5. The number of thioether (sulfide) groups is 1. The van der Waals surface area contributed by atoms with Crippen LogP contribution >= 0.6 is 11.8 Å². The smallest absolute Gasteiger partial charge is 0.247 e. The minimum atomic E-state index is -0.988. The van der Waals surface area contributed by atoms with Gasteiger partial charge < -0.3 is 24.5 Å². The molecular weight excluding hydrogens is 586 g/mol. The predicted octanol–water partition coefficient (Wildman–Crippen LogP) is 5.00. The number of fused-ring (bicyclic) bond motifs is 2. The fourth-order valence-electron chi connectivity index (χ4n) is 7.93. The van der Waals surface area contributed by atoms with E-state index in [1.807, 2.05) is 91.6 Å². The van der Waals surface area contributed by atoms with Crippen molar-refractivity contribution in [1.29, 1.82) is 0 Å². The Kier molecular flexibility index (Phi) is 8.61. The number of hydrogen-bond acceptors (Lipinski definition) is 6. The first-order valence-corrected chi connectivity index (χ1v) is 16.9. The fourth-order valence-corrected chi connectivity index (χ4v) is 10.1. The summed E-state index contributed by atoms with van der Waals surface area (Å²) in [6.45, 7) is 9.13. The average Bonchev–Trinajstić information content (AvgIpc) is 3.30. The van der Waals surface area contributed by atoms with Gasteiger partial charge in [-0.3, -0.25) is 14.4 Å². The van der Waals surface area contributed by atoms with Crippen molar-refractivity contribution in [3.63, 3.8) is 0 Å². The Morgan fingerprint density at radius 3 is 2.31 bits per heavy atom. The summed E-state index contributed by atoms with van der Waals surface area (Å²) < 4.78 is 3.91. The summed E-state index contributed by atoms with van der Waals surface area (Å²) in [5, 5.41) is 10.8. The zero-order valence-electron chi connectivity index (χ0n) is 26.5. The van der Waals surface area contributed by atoms with E-state index in [4.69, 9.17) is 4.74 Å². The number of aliphatic hydroxyl groups excluding tert-OH is 1. The van der Waals surface area contributed by atoms with Crippen LogP contribution in [-0.2, 0) is 14.4 Å². The molecule has 0 saturated carbocycles. The van der Waals surface area contributed by atoms with Crippen molar-refractivity contribution in [3.05, 3.63) is 84.5 Å². The molecule has 45 heavy (non-hydrogen) atoms. The number of aliphatic hydroxyl groups is 1. The number of benzene rings is 2. The highest BCUT2D eigenvalue weighted by Gasteiger charge is 2.74. The summed E-state index contributed by atoms with van der Waals surface area (Å²) in [6.07, 6.45) is 9.90. The molecule has 0 aromatic heterocycles. The van der Waals surface area contributed by atoms with Crippen LogP contribution < -0.4 is 9.64 Å². The Balaban J connectivity index is 1.48. The van der Waals surface area contributed by atoms with E-state index < -0.39 is 33.4 Å². The van der Waals surface area contributed by atoms with Crippen LogP contribution in [0.4, 0.5) is 5.69 Å². The van der Waals surface area contributed by atoms with E-state index >= 15 is 0 Å². The first kappa shape index (κ1) is 31.4. The van der Waals surface area contributed by atoms with Crippen LogP contribution in [0.1, 0.15) is 52.1 Å². The molecule has 2 unspecified atom stereocenters. The highest BCUT2D eigenvalue weighted by atomic mass is 32.2. The van der Waals surface area contributed by atoms with Crippen LogP contribution in [0.5, 0.6) is 5.75 Å². The van der Waals surface area contributed by atoms with Crippen molar-refractivity contribution in [2.45, 2.75) is 68.2 Å². The number of hydrogen-bond donors (Lipinski definition) is 1. The molecule has 3 amide bonds. The zero-order valence-corrected chi connectivity index (χ0v) is 27.3. The number of carbonyl (C=O) groups is 3. The Hall–Kier alpha value is -3.56. The van der Waals surface area contributed by atoms with Gasteiger partial charge in [0.15, 0.2) is 0 Å². The van der Waals surface area contributed by atoms with Crippen molar-refractivity contribution < 1.29 is 24.2 Å². The van der Waals surface area contributed by atoms with E-state index in [0.29, 0.717) is 19.7 Å². The summed E-state index contributed by atoms with van der Waals surface area (Å²) in [5.74, 6) is -1.32. The average molecular weight is 630 g/mol. The standard InChI is InChI=1S/C36H43N3O5S/c1-5-12-24(3)37-21-11-20-36-30(33(42)39(31(36)34(37)43)28(23-40)25-13-8-7-9-14-25)29-32(41)38(22-10-19-35(29,4)45-36)26-15-17-27(18-16-26)44-6-2/h7-11,13-20,24,28-31,40H,5-6,12,21-23H2,1-4H3/t24?,28-,29-,30+,31?,35+,36+/m1/s1. The van der Waals surface area contributed by atoms with Gasteiger partial charge in [-0.15, -0.1) is 11.8 Å². The molecular formula is C36H43N3O5S. The van der Waals surface area contributed by atoms with Crippen molar-refractivity contribution >= 4 is 35.2 Å². The van der Waals surface area contributed by atoms with Gasteiger partial charge in [0.1, 0.15) is 11.8 Å². The molecule has 2 aromatic rings. The molecule has 0 aliphatic carbocycles. The molecule has 1 N–H and O–H groups in total. The molecule has 6 rings (SSSR count). The lowest BCUT2D eigenvalue weighted by Gasteiger charge is -2.41. The van der Waals surface area contributed by atoms with Gasteiger partial charge in [-0.05, 0) is 57.0 Å². The number of amides is 3. The molecule has 8 nitrogen and oxygen atoms in total. The third-order valence-corrected chi connectivity index (χ3v) is 11.7. The summed E-state index contributed by atoms with van der Waals surface area (Å²) in [6, 6.07) is 15.2. The van der Waals surface area contributed by atoms with E-state index in [2.05, 4.69) is 19.9 Å². The van der Waals surface area contributed by atoms with Crippen LogP contribution in [0.2, 0.25) is 0 Å². The highest BCUT2D eigenvalue weighted by molar-refractivity contribution is 8.02. The van der Waals surface area contributed by atoms with Gasteiger partial charge in [0, 0.05) is 29.6 Å². The number of likely N-dealkylation sites (tertiary alicyclic amines) is 1. The van der Waals surface area contributed by atoms with Crippen LogP contribution in [0, 0.1) is 11.8 Å². The molecule has 4 heterocycles. The third-order valence-electron chi connectivity index (χ3n) is 9.92. The molecule has 1 spiro atoms. The van der Waals surface area contributed by atoms with Gasteiger partial charge in [0.2, 0.25) is 17.7 Å². The second kappa shape index (κ2) is 12.3. The van der Waals surface area contributed by atoms with E-state index in [9.17, 15) is 19.5 Å². The second-order valence-electron chi connectivity index (χ2n) is 12.7. The summed E-state index contributed by atoms with van der Waals surface area (Å²) in [4.78, 5) is 49.8. The minimum absolute atomic E-state index is 0.0215. The molecule has 2 aromatic carbocycles. The van der Waals surface area contributed by atoms with E-state index in [0.717, 1.165) is 29.8 Å². The van der Waals surface area contributed by atoms with Crippen LogP contribution in [0.15, 0.2) is 78.9 Å². The molecule has 2 saturated heterocycles. The van der Waals surface area contributed by atoms with Gasteiger partial charge in [-0.2, -0.15) is 0 Å². The maximum absolute atomic E-state index is 15.0. The lowest BCUT2D eigenvalue weighted by Crippen LogP contribution is -2.56. The van der Waals surface area contributed by atoms with Gasteiger partial charge >= 0.3 is 0 Å². The Morgan fingerprint density at radius 2 is 1.64 bits per heavy atom. The maximum Gasteiger partial charge on any atom is 0.247 e. The molecule has 4 aliphatic rings. The number of anilines is 1. The van der Waals surface area contributed by atoms with Crippen LogP contribution in [0.3, 0.4) is 0 Å². The van der Waals surface area contributed by atoms with E-state index in [1.165, 1.54) is 0 Å². The monoisotopic (exact) mass is 629 g/mol. The lowest BCUT2D eigenvalue weighted by molar-refractivity contribution is -0.147. The first-order chi connectivity index (χ1) is 21.7. The molecule has 238 valence electrons. The van der Waals surface area contributed by atoms with E-state index in [1.54, 1.807) is 21.6 Å². The topological polar surface area (TPSA) is 90.4 Å². The number of rotatable bonds is 9. The fraction of sp³-hybridized carbons (Fsp3) is 0.472. The summed E-state index contributed by atoms with van der Waals surface area (Å²) in [5.41, 5.74) is 1.49. The summed E-state index contributed by atoms with van der Waals surface area (Å²) >= 11 is 1.56. The van der Waals surface area contributed by atoms with Crippen molar-refractivity contribution in [1.82, 2.24) is 9.80 Å². The second-order valence-corrected chi connectivity index (χ2v) is 14.5. The van der Waals surface area contributed by atoms with E-state index in [-0.39, 0.29) is 30.4 Å². The molecule has 4 aliphatic heterocycles. The first-order valence-electron chi connectivity index (χ1n) is 16.1. The number of carbonyl (C=O) groups excluding carboxylic acids is 3. The number of ether oxygens (including phenoxy) is 1. The highest BCUT2D eigenvalue weighted by Crippen LogP contribution is 2.66. The third kappa shape index (κ3) is 5.08. The van der Waals surface area contributed by atoms with Gasteiger partial charge in [0.05, 0.1) is 35.8 Å².